The number of rotatable bonds is 6. The van der Waals surface area contributed by atoms with Crippen LogP contribution in [0.4, 0.5) is 10.6 Å². The maximum absolute atomic E-state index is 11.4. The second-order valence-corrected chi connectivity index (χ2v) is 5.63. The van der Waals surface area contributed by atoms with Gasteiger partial charge >= 0.3 is 12.1 Å². The van der Waals surface area contributed by atoms with Crippen molar-refractivity contribution >= 4 is 17.9 Å². The highest BCUT2D eigenvalue weighted by Gasteiger charge is 2.15. The van der Waals surface area contributed by atoms with Gasteiger partial charge in [0.25, 0.3) is 0 Å². The summed E-state index contributed by atoms with van der Waals surface area (Å²) in [6, 6.07) is 3.20. The number of hydrogen-bond donors (Lipinski definition) is 2. The first kappa shape index (κ1) is 17.7. The summed E-state index contributed by atoms with van der Waals surface area (Å²) in [5.74, 6) is 0.178. The highest BCUT2D eigenvalue weighted by Crippen LogP contribution is 2.08. The van der Waals surface area contributed by atoms with E-state index in [0.717, 1.165) is 0 Å². The number of nitrogens with zero attached hydrogens (tertiary/aromatic N) is 1. The monoisotopic (exact) mass is 309 g/mol. The molecule has 1 aromatic heterocycles. The molecule has 0 atom stereocenters. The van der Waals surface area contributed by atoms with Crippen LogP contribution in [0.1, 0.15) is 37.6 Å². The Bertz CT molecular complexity index is 512. The van der Waals surface area contributed by atoms with Gasteiger partial charge in [0.1, 0.15) is 11.4 Å². The van der Waals surface area contributed by atoms with Crippen LogP contribution in [0.15, 0.2) is 18.3 Å². The lowest BCUT2D eigenvalue weighted by atomic mass is 10.2. The summed E-state index contributed by atoms with van der Waals surface area (Å²) in [6.07, 6.45) is 1.80. The Hall–Kier alpha value is -2.31. The molecule has 0 bridgehead atoms. The molecule has 1 aromatic rings. The molecule has 1 amide bonds. The number of pyridine rings is 1. The highest BCUT2D eigenvalue weighted by molar-refractivity contribution is 5.89. The first-order chi connectivity index (χ1) is 10.3. The normalized spacial score (nSPS) is 10.7. The second kappa shape index (κ2) is 8.21. The zero-order valence-electron chi connectivity index (χ0n) is 13.4. The van der Waals surface area contributed by atoms with Gasteiger partial charge in [-0.05, 0) is 39.3 Å². The zero-order valence-corrected chi connectivity index (χ0v) is 13.4. The largest absolute Gasteiger partial charge is 0.465 e. The molecule has 7 heteroatoms. The number of carbonyl (C=O) groups excluding carboxylic acids is 2. The first-order valence-electron chi connectivity index (χ1n) is 7.07. The van der Waals surface area contributed by atoms with Gasteiger partial charge in [0.05, 0.1) is 12.7 Å². The Morgan fingerprint density at radius 3 is 2.64 bits per heavy atom. The Kier molecular flexibility index (Phi) is 6.62. The van der Waals surface area contributed by atoms with E-state index in [1.807, 2.05) is 20.8 Å². The van der Waals surface area contributed by atoms with Crippen molar-refractivity contribution in [1.82, 2.24) is 10.3 Å². The van der Waals surface area contributed by atoms with Gasteiger partial charge in [0, 0.05) is 19.3 Å². The van der Waals surface area contributed by atoms with Crippen LogP contribution in [-0.2, 0) is 9.47 Å². The summed E-state index contributed by atoms with van der Waals surface area (Å²) in [7, 11) is 1.33. The molecule has 1 heterocycles. The third kappa shape index (κ3) is 6.92. The van der Waals surface area contributed by atoms with Crippen molar-refractivity contribution in [1.29, 1.82) is 0 Å². The van der Waals surface area contributed by atoms with Crippen LogP contribution in [0.25, 0.3) is 0 Å². The smallest absolute Gasteiger partial charge is 0.407 e. The quantitative estimate of drug-likeness (QED) is 0.618. The fraction of sp³-hybridized carbons (Fsp3) is 0.533. The predicted octanol–water partition coefficient (Wildman–Crippen LogP) is 2.19. The Labute approximate surface area is 130 Å². The predicted molar refractivity (Wildman–Crippen MR) is 82.9 cm³/mol. The number of hydrogen-bond acceptors (Lipinski definition) is 6. The molecule has 0 fully saturated rings. The van der Waals surface area contributed by atoms with Crippen LogP contribution in [0.5, 0.6) is 0 Å². The molecule has 122 valence electrons. The van der Waals surface area contributed by atoms with Gasteiger partial charge in [-0.2, -0.15) is 0 Å². The zero-order chi connectivity index (χ0) is 16.6. The molecular formula is C15H23N3O4. The van der Waals surface area contributed by atoms with Crippen LogP contribution < -0.4 is 10.6 Å². The molecule has 2 N–H and O–H groups in total. The molecule has 0 spiro atoms. The van der Waals surface area contributed by atoms with E-state index in [2.05, 4.69) is 20.4 Å². The minimum atomic E-state index is -0.499. The molecule has 7 nitrogen and oxygen atoms in total. The van der Waals surface area contributed by atoms with Crippen molar-refractivity contribution in [3.05, 3.63) is 23.9 Å². The van der Waals surface area contributed by atoms with E-state index in [0.29, 0.717) is 30.9 Å². The van der Waals surface area contributed by atoms with Crippen LogP contribution >= 0.6 is 0 Å². The minimum absolute atomic E-state index is 0.406. The molecule has 0 aliphatic rings. The lowest BCUT2D eigenvalue weighted by Gasteiger charge is -2.19. The maximum Gasteiger partial charge on any atom is 0.407 e. The van der Waals surface area contributed by atoms with E-state index in [1.54, 1.807) is 12.1 Å². The van der Waals surface area contributed by atoms with Gasteiger partial charge in [-0.1, -0.05) is 0 Å². The maximum atomic E-state index is 11.4. The number of esters is 1. The van der Waals surface area contributed by atoms with Gasteiger partial charge in [-0.15, -0.1) is 0 Å². The van der Waals surface area contributed by atoms with Crippen LogP contribution in [0.2, 0.25) is 0 Å². The second-order valence-electron chi connectivity index (χ2n) is 5.63. The molecule has 0 aliphatic carbocycles. The van der Waals surface area contributed by atoms with Crippen molar-refractivity contribution in [2.45, 2.75) is 32.8 Å². The van der Waals surface area contributed by atoms with E-state index in [4.69, 9.17) is 4.74 Å². The molecule has 1 rings (SSSR count). The summed E-state index contributed by atoms with van der Waals surface area (Å²) in [6.45, 7) is 6.53. The van der Waals surface area contributed by atoms with Gasteiger partial charge in [-0.3, -0.25) is 0 Å². The Balaban J connectivity index is 2.28. The minimum Gasteiger partial charge on any atom is -0.465 e. The SMILES string of the molecule is COC(=O)c1ccnc(NCCCNC(=O)OC(C)(C)C)c1. The fourth-order valence-corrected chi connectivity index (χ4v) is 1.58. The third-order valence-corrected chi connectivity index (χ3v) is 2.51. The summed E-state index contributed by atoms with van der Waals surface area (Å²) >= 11 is 0. The lowest BCUT2D eigenvalue weighted by Crippen LogP contribution is -2.33. The number of carbonyl (C=O) groups is 2. The number of alkyl carbamates (subject to hydrolysis) is 1. The van der Waals surface area contributed by atoms with Crippen molar-refractivity contribution in [3.8, 4) is 0 Å². The van der Waals surface area contributed by atoms with Crippen LogP contribution in [0, 0.1) is 0 Å². The number of nitrogens with one attached hydrogen (secondary N) is 2. The topological polar surface area (TPSA) is 89.5 Å². The van der Waals surface area contributed by atoms with Gasteiger partial charge in [0.2, 0.25) is 0 Å². The number of aromatic nitrogens is 1. The van der Waals surface area contributed by atoms with E-state index >= 15 is 0 Å². The third-order valence-electron chi connectivity index (χ3n) is 2.51. The van der Waals surface area contributed by atoms with Crippen molar-refractivity contribution in [3.63, 3.8) is 0 Å². The van der Waals surface area contributed by atoms with Crippen molar-refractivity contribution < 1.29 is 19.1 Å². The van der Waals surface area contributed by atoms with E-state index in [1.165, 1.54) is 13.3 Å². The number of methoxy groups -OCH3 is 1. The number of anilines is 1. The van der Waals surface area contributed by atoms with E-state index < -0.39 is 17.7 Å². The Morgan fingerprint density at radius 2 is 2.00 bits per heavy atom. The molecule has 0 aromatic carbocycles. The molecule has 0 radical (unpaired) electrons. The van der Waals surface area contributed by atoms with E-state index in [-0.39, 0.29) is 0 Å². The summed E-state index contributed by atoms with van der Waals surface area (Å²) in [5, 5.41) is 5.74. The molecule has 0 saturated carbocycles. The van der Waals surface area contributed by atoms with Gasteiger partial charge in [0.15, 0.2) is 0 Å². The van der Waals surface area contributed by atoms with Crippen molar-refractivity contribution in [2.75, 3.05) is 25.5 Å². The molecular weight excluding hydrogens is 286 g/mol. The first-order valence-corrected chi connectivity index (χ1v) is 7.07. The molecule has 22 heavy (non-hydrogen) atoms. The molecule has 0 aliphatic heterocycles. The summed E-state index contributed by atoms with van der Waals surface area (Å²) in [4.78, 5) is 26.9. The van der Waals surface area contributed by atoms with Crippen LogP contribution in [-0.4, -0.2) is 42.8 Å². The van der Waals surface area contributed by atoms with Gasteiger partial charge in [-0.25, -0.2) is 14.6 Å². The summed E-state index contributed by atoms with van der Waals surface area (Å²) < 4.78 is 9.77. The summed E-state index contributed by atoms with van der Waals surface area (Å²) in [5.41, 5.74) is -0.0625. The Morgan fingerprint density at radius 1 is 1.27 bits per heavy atom. The van der Waals surface area contributed by atoms with Gasteiger partial charge < -0.3 is 20.1 Å². The standard InChI is InChI=1S/C15H23N3O4/c1-15(2,3)22-14(20)18-8-5-7-16-12-10-11(6-9-17-12)13(19)21-4/h6,9-10H,5,7-8H2,1-4H3,(H,16,17)(H,18,20). The average molecular weight is 309 g/mol. The lowest BCUT2D eigenvalue weighted by molar-refractivity contribution is 0.0526. The van der Waals surface area contributed by atoms with Crippen molar-refractivity contribution in [2.24, 2.45) is 0 Å². The molecule has 0 unspecified atom stereocenters. The number of amides is 1. The number of ether oxygens (including phenoxy) is 2. The van der Waals surface area contributed by atoms with Crippen LogP contribution in [0.3, 0.4) is 0 Å². The fourth-order valence-electron chi connectivity index (χ4n) is 1.58. The molecule has 0 saturated heterocycles. The average Bonchev–Trinajstić information content (AvgIpc) is 2.44. The van der Waals surface area contributed by atoms with E-state index in [9.17, 15) is 9.59 Å². The highest BCUT2D eigenvalue weighted by atomic mass is 16.6.